The summed E-state index contributed by atoms with van der Waals surface area (Å²) in [4.78, 5) is 12.8. The zero-order chi connectivity index (χ0) is 16.3. The summed E-state index contributed by atoms with van der Waals surface area (Å²) >= 11 is 14.7. The van der Waals surface area contributed by atoms with Crippen molar-refractivity contribution in [2.45, 2.75) is 9.27 Å². The number of benzene rings is 2. The molecule has 1 aliphatic rings. The van der Waals surface area contributed by atoms with Crippen molar-refractivity contribution in [1.82, 2.24) is 0 Å². The highest BCUT2D eigenvalue weighted by molar-refractivity contribution is 8.02. The monoisotopic (exact) mass is 367 g/mol. The van der Waals surface area contributed by atoms with Crippen LogP contribution < -0.4 is 5.32 Å². The lowest BCUT2D eigenvalue weighted by Gasteiger charge is -2.43. The maximum absolute atomic E-state index is 12.8. The van der Waals surface area contributed by atoms with E-state index in [1.54, 1.807) is 12.1 Å². The second kappa shape index (κ2) is 6.73. The number of hydrogen-bond acceptors (Lipinski definition) is 3. The molecule has 2 aromatic carbocycles. The summed E-state index contributed by atoms with van der Waals surface area (Å²) in [6.45, 7) is 0.427. The Labute approximate surface area is 149 Å². The molecule has 0 radical (unpaired) electrons. The molecule has 3 rings (SSSR count). The van der Waals surface area contributed by atoms with Crippen LogP contribution in [0.25, 0.3) is 0 Å². The first-order chi connectivity index (χ1) is 11.1. The number of alkyl halides is 2. The molecule has 1 fully saturated rings. The summed E-state index contributed by atoms with van der Waals surface area (Å²) < 4.78 is 4.31. The predicted octanol–water partition coefficient (Wildman–Crippen LogP) is 4.42. The third-order valence-electron chi connectivity index (χ3n) is 3.57. The Morgan fingerprint density at radius 3 is 2.30 bits per heavy atom. The van der Waals surface area contributed by atoms with E-state index in [0.29, 0.717) is 23.6 Å². The smallest absolute Gasteiger partial charge is 0.260 e. The summed E-state index contributed by atoms with van der Waals surface area (Å²) in [6.07, 6.45) is 0. The largest absolute Gasteiger partial charge is 0.352 e. The van der Waals surface area contributed by atoms with Gasteiger partial charge < -0.3 is 10.1 Å². The van der Waals surface area contributed by atoms with E-state index in [1.807, 2.05) is 48.5 Å². The molecule has 2 atom stereocenters. The molecule has 0 aliphatic carbocycles. The lowest BCUT2D eigenvalue weighted by atomic mass is 10.0. The summed E-state index contributed by atoms with van der Waals surface area (Å²) in [5.74, 6) is 0.196. The number of para-hydroxylation sites is 1. The van der Waals surface area contributed by atoms with Crippen molar-refractivity contribution in [1.29, 1.82) is 0 Å². The lowest BCUT2D eigenvalue weighted by molar-refractivity contribution is -0.121. The van der Waals surface area contributed by atoms with Crippen LogP contribution >= 0.6 is 35.0 Å². The number of halogens is 2. The average molecular weight is 368 g/mol. The van der Waals surface area contributed by atoms with Gasteiger partial charge in [0.25, 0.3) is 5.91 Å². The first-order valence-electron chi connectivity index (χ1n) is 7.14. The minimum Gasteiger partial charge on any atom is -0.352 e. The third-order valence-corrected chi connectivity index (χ3v) is 6.39. The summed E-state index contributed by atoms with van der Waals surface area (Å²) in [7, 11) is 0. The van der Waals surface area contributed by atoms with Crippen molar-refractivity contribution in [3.8, 4) is 0 Å². The van der Waals surface area contributed by atoms with Gasteiger partial charge in [0.05, 0.1) is 6.61 Å². The molecular formula is C17H15Cl2NO2S. The number of anilines is 1. The molecule has 0 unspecified atom stereocenters. The zero-order valence-corrected chi connectivity index (χ0v) is 14.5. The molecule has 120 valence electrons. The minimum absolute atomic E-state index is 0.395. The van der Waals surface area contributed by atoms with Crippen molar-refractivity contribution in [2.24, 2.45) is 0 Å². The number of carbonyl (C=O) groups excluding carboxylic acids is 1. The second-order valence-electron chi connectivity index (χ2n) is 5.07. The van der Waals surface area contributed by atoms with Gasteiger partial charge in [0.15, 0.2) is 0 Å². The quantitative estimate of drug-likeness (QED) is 0.816. The molecule has 1 heterocycles. The number of nitrogens with one attached hydrogen (secondary N) is 1. The van der Waals surface area contributed by atoms with Crippen LogP contribution in [0.4, 0.5) is 5.69 Å². The summed E-state index contributed by atoms with van der Waals surface area (Å²) in [5, 5.41) is 1.39. The fourth-order valence-corrected chi connectivity index (χ4v) is 4.30. The van der Waals surface area contributed by atoms with Crippen molar-refractivity contribution in [2.75, 3.05) is 17.7 Å². The molecule has 23 heavy (non-hydrogen) atoms. The summed E-state index contributed by atoms with van der Waals surface area (Å²) in [6, 6.07) is 18.3. The Balaban J connectivity index is 1.94. The van der Waals surface area contributed by atoms with Gasteiger partial charge in [-0.1, -0.05) is 71.7 Å². The Kier molecular flexibility index (Phi) is 4.87. The molecule has 1 saturated heterocycles. The third kappa shape index (κ3) is 3.09. The van der Waals surface area contributed by atoms with Gasteiger partial charge in [-0.3, -0.25) is 4.79 Å². The maximum Gasteiger partial charge on any atom is 0.260 e. The highest BCUT2D eigenvalue weighted by Crippen LogP contribution is 2.54. The van der Waals surface area contributed by atoms with E-state index in [2.05, 4.69) is 5.32 Å². The van der Waals surface area contributed by atoms with Gasteiger partial charge in [-0.15, -0.1) is 11.8 Å². The number of rotatable bonds is 3. The number of hydrogen-bond donors (Lipinski definition) is 1. The van der Waals surface area contributed by atoms with Crippen molar-refractivity contribution < 1.29 is 9.53 Å². The topological polar surface area (TPSA) is 38.3 Å². The Hall–Kier alpha value is -1.20. The van der Waals surface area contributed by atoms with Gasteiger partial charge in [-0.25, -0.2) is 0 Å². The molecule has 0 spiro atoms. The van der Waals surface area contributed by atoms with E-state index >= 15 is 0 Å². The van der Waals surface area contributed by atoms with Crippen LogP contribution in [0, 0.1) is 0 Å². The van der Waals surface area contributed by atoms with Crippen LogP contribution in [0.15, 0.2) is 60.7 Å². The van der Waals surface area contributed by atoms with Crippen LogP contribution in [0.5, 0.6) is 0 Å². The highest BCUT2D eigenvalue weighted by Gasteiger charge is 2.59. The standard InChI is InChI=1S/C17H15Cl2NO2S/c18-16(13-7-3-1-4-8-13)17(19,23-12-11-22-16)15(21)20-14-9-5-2-6-10-14/h1-10H,11-12H2,(H,20,21)/t16-,17-/m1/s1. The van der Waals surface area contributed by atoms with E-state index in [4.69, 9.17) is 27.9 Å². The Bertz CT molecular complexity index is 686. The van der Waals surface area contributed by atoms with Crippen molar-refractivity contribution in [3.05, 3.63) is 66.2 Å². The van der Waals surface area contributed by atoms with Crippen LogP contribution in [0.1, 0.15) is 5.56 Å². The van der Waals surface area contributed by atoms with Gasteiger partial charge >= 0.3 is 0 Å². The van der Waals surface area contributed by atoms with Crippen LogP contribution in [-0.2, 0) is 14.6 Å². The molecule has 1 amide bonds. The molecule has 0 saturated carbocycles. The number of carbonyl (C=O) groups is 1. The second-order valence-corrected chi connectivity index (χ2v) is 7.71. The molecule has 3 nitrogen and oxygen atoms in total. The minimum atomic E-state index is -1.47. The molecule has 6 heteroatoms. The van der Waals surface area contributed by atoms with Crippen LogP contribution in [0.3, 0.4) is 0 Å². The molecule has 1 N–H and O–H groups in total. The molecule has 0 aromatic heterocycles. The Morgan fingerprint density at radius 2 is 1.65 bits per heavy atom. The van der Waals surface area contributed by atoms with Gasteiger partial charge in [0.1, 0.15) is 0 Å². The van der Waals surface area contributed by atoms with Gasteiger partial charge in [0.2, 0.25) is 9.27 Å². The van der Waals surface area contributed by atoms with Crippen molar-refractivity contribution in [3.63, 3.8) is 0 Å². The molecule has 2 aromatic rings. The highest BCUT2D eigenvalue weighted by atomic mass is 35.5. The number of amides is 1. The van der Waals surface area contributed by atoms with E-state index < -0.39 is 15.2 Å². The van der Waals surface area contributed by atoms with Crippen molar-refractivity contribution >= 4 is 46.6 Å². The van der Waals surface area contributed by atoms with Gasteiger partial charge in [-0.05, 0) is 12.1 Å². The number of ether oxygens (including phenoxy) is 1. The fourth-order valence-electron chi connectivity index (χ4n) is 2.42. The normalized spacial score (nSPS) is 27.4. The first-order valence-corrected chi connectivity index (χ1v) is 8.88. The van der Waals surface area contributed by atoms with Gasteiger partial charge in [-0.2, -0.15) is 0 Å². The van der Waals surface area contributed by atoms with Crippen LogP contribution in [-0.4, -0.2) is 22.5 Å². The average Bonchev–Trinajstić information content (AvgIpc) is 2.59. The lowest BCUT2D eigenvalue weighted by Crippen LogP contribution is -2.54. The molecule has 1 aliphatic heterocycles. The van der Waals surface area contributed by atoms with E-state index in [-0.39, 0.29) is 0 Å². The number of thioether (sulfide) groups is 1. The van der Waals surface area contributed by atoms with Gasteiger partial charge in [0, 0.05) is 17.0 Å². The predicted molar refractivity (Wildman–Crippen MR) is 96.0 cm³/mol. The maximum atomic E-state index is 12.8. The SMILES string of the molecule is O=C(Nc1ccccc1)[C@@]1(Cl)SCCO[C@]1(Cl)c1ccccc1. The van der Waals surface area contributed by atoms with E-state index in [1.165, 1.54) is 11.8 Å². The van der Waals surface area contributed by atoms with E-state index in [0.717, 1.165) is 0 Å². The zero-order valence-electron chi connectivity index (χ0n) is 12.2. The Morgan fingerprint density at radius 1 is 1.04 bits per heavy atom. The van der Waals surface area contributed by atoms with E-state index in [9.17, 15) is 4.79 Å². The first kappa shape index (κ1) is 16.7. The molecule has 0 bridgehead atoms. The van der Waals surface area contributed by atoms with Crippen LogP contribution in [0.2, 0.25) is 0 Å². The summed E-state index contributed by atoms with van der Waals surface area (Å²) in [5.41, 5.74) is 1.32. The fraction of sp³-hybridized carbons (Fsp3) is 0.235. The molecular weight excluding hydrogens is 353 g/mol.